The number of aliphatic hydroxyl groups excluding tert-OH is 1. The molecule has 2 aromatic rings. The van der Waals surface area contributed by atoms with Crippen LogP contribution in [0.25, 0.3) is 0 Å². The van der Waals surface area contributed by atoms with Crippen LogP contribution < -0.4 is 4.74 Å². The highest BCUT2D eigenvalue weighted by molar-refractivity contribution is 5.31. The summed E-state index contributed by atoms with van der Waals surface area (Å²) in [5.41, 5.74) is 3.14. The monoisotopic (exact) mass is 229 g/mol. The molecule has 3 heteroatoms. The first-order chi connectivity index (χ1) is 8.31. The first-order valence-corrected chi connectivity index (χ1v) is 5.48. The Balaban J connectivity index is 2.13. The van der Waals surface area contributed by atoms with Crippen molar-refractivity contribution in [2.24, 2.45) is 0 Å². The van der Waals surface area contributed by atoms with Crippen LogP contribution in [0.2, 0.25) is 0 Å². The molecule has 88 valence electrons. The summed E-state index contributed by atoms with van der Waals surface area (Å²) in [5, 5.41) is 9.04. The molecular weight excluding hydrogens is 214 g/mol. The van der Waals surface area contributed by atoms with Gasteiger partial charge in [0, 0.05) is 12.4 Å². The maximum Gasteiger partial charge on any atom is 0.118 e. The van der Waals surface area contributed by atoms with Crippen LogP contribution in [0.5, 0.6) is 5.75 Å². The topological polar surface area (TPSA) is 42.4 Å². The molecule has 0 atom stereocenters. The van der Waals surface area contributed by atoms with E-state index >= 15 is 0 Å². The summed E-state index contributed by atoms with van der Waals surface area (Å²) in [6, 6.07) is 9.92. The van der Waals surface area contributed by atoms with Gasteiger partial charge in [0.15, 0.2) is 0 Å². The molecule has 0 saturated heterocycles. The van der Waals surface area contributed by atoms with E-state index in [1.165, 1.54) is 5.56 Å². The quantitative estimate of drug-likeness (QED) is 0.873. The second-order valence-electron chi connectivity index (χ2n) is 3.88. The minimum atomic E-state index is 0.0312. The number of nitrogens with zero attached hydrogens (tertiary/aromatic N) is 1. The van der Waals surface area contributed by atoms with Crippen LogP contribution in [0.15, 0.2) is 42.7 Å². The number of ether oxygens (including phenoxy) is 1. The molecule has 0 saturated carbocycles. The second-order valence-corrected chi connectivity index (χ2v) is 3.88. The van der Waals surface area contributed by atoms with E-state index in [1.54, 1.807) is 13.3 Å². The van der Waals surface area contributed by atoms with Crippen molar-refractivity contribution in [2.45, 2.75) is 13.0 Å². The van der Waals surface area contributed by atoms with Gasteiger partial charge in [-0.15, -0.1) is 0 Å². The van der Waals surface area contributed by atoms with Gasteiger partial charge in [-0.2, -0.15) is 0 Å². The van der Waals surface area contributed by atoms with Crippen LogP contribution in [-0.4, -0.2) is 17.2 Å². The average Bonchev–Trinajstić information content (AvgIpc) is 2.40. The van der Waals surface area contributed by atoms with E-state index in [0.717, 1.165) is 23.3 Å². The van der Waals surface area contributed by atoms with E-state index in [0.29, 0.717) is 0 Å². The molecule has 0 radical (unpaired) electrons. The SMILES string of the molecule is COc1ccc(Cc2cncc(CO)c2)cc1. The first kappa shape index (κ1) is 11.6. The fraction of sp³-hybridized carbons (Fsp3) is 0.214. The average molecular weight is 229 g/mol. The molecule has 0 fully saturated rings. The highest BCUT2D eigenvalue weighted by atomic mass is 16.5. The molecule has 1 aromatic carbocycles. The van der Waals surface area contributed by atoms with Crippen LogP contribution in [0, 0.1) is 0 Å². The van der Waals surface area contributed by atoms with E-state index in [1.807, 2.05) is 36.5 Å². The fourth-order valence-corrected chi connectivity index (χ4v) is 1.70. The van der Waals surface area contributed by atoms with Crippen LogP contribution in [0.1, 0.15) is 16.7 Å². The van der Waals surface area contributed by atoms with Gasteiger partial charge in [0.25, 0.3) is 0 Å². The zero-order valence-corrected chi connectivity index (χ0v) is 9.76. The summed E-state index contributed by atoms with van der Waals surface area (Å²) in [6.07, 6.45) is 4.31. The summed E-state index contributed by atoms with van der Waals surface area (Å²) in [5.74, 6) is 0.857. The Kier molecular flexibility index (Phi) is 3.73. The highest BCUT2D eigenvalue weighted by Gasteiger charge is 1.99. The van der Waals surface area contributed by atoms with E-state index in [-0.39, 0.29) is 6.61 Å². The number of hydrogen-bond acceptors (Lipinski definition) is 3. The third-order valence-corrected chi connectivity index (χ3v) is 2.60. The summed E-state index contributed by atoms with van der Waals surface area (Å²) < 4.78 is 5.11. The van der Waals surface area contributed by atoms with Crippen molar-refractivity contribution in [1.82, 2.24) is 4.98 Å². The van der Waals surface area contributed by atoms with Gasteiger partial charge in [-0.25, -0.2) is 0 Å². The Labute approximate surface area is 101 Å². The Morgan fingerprint density at radius 3 is 2.41 bits per heavy atom. The van der Waals surface area contributed by atoms with Gasteiger partial charge in [0.05, 0.1) is 13.7 Å². The molecule has 1 aromatic heterocycles. The lowest BCUT2D eigenvalue weighted by Gasteiger charge is -2.04. The molecule has 1 heterocycles. The van der Waals surface area contributed by atoms with Gasteiger partial charge < -0.3 is 9.84 Å². The predicted octanol–water partition coefficient (Wildman–Crippen LogP) is 2.17. The number of rotatable bonds is 4. The van der Waals surface area contributed by atoms with E-state index < -0.39 is 0 Å². The van der Waals surface area contributed by atoms with Crippen LogP contribution in [0.4, 0.5) is 0 Å². The molecule has 0 spiro atoms. The van der Waals surface area contributed by atoms with Crippen molar-refractivity contribution < 1.29 is 9.84 Å². The summed E-state index contributed by atoms with van der Waals surface area (Å²) in [6.45, 7) is 0.0312. The zero-order chi connectivity index (χ0) is 12.1. The van der Waals surface area contributed by atoms with Gasteiger partial charge >= 0.3 is 0 Å². The van der Waals surface area contributed by atoms with Crippen molar-refractivity contribution >= 4 is 0 Å². The molecule has 0 aliphatic carbocycles. The maximum atomic E-state index is 9.04. The van der Waals surface area contributed by atoms with Crippen molar-refractivity contribution in [3.05, 3.63) is 59.4 Å². The number of benzene rings is 1. The molecule has 17 heavy (non-hydrogen) atoms. The number of methoxy groups -OCH3 is 1. The molecule has 2 rings (SSSR count). The molecule has 0 bridgehead atoms. The van der Waals surface area contributed by atoms with Crippen LogP contribution >= 0.6 is 0 Å². The minimum Gasteiger partial charge on any atom is -0.497 e. The summed E-state index contributed by atoms with van der Waals surface area (Å²) in [7, 11) is 1.66. The Hall–Kier alpha value is -1.87. The van der Waals surface area contributed by atoms with Gasteiger partial charge in [-0.05, 0) is 35.2 Å². The Morgan fingerprint density at radius 2 is 1.76 bits per heavy atom. The molecule has 0 aliphatic rings. The second kappa shape index (κ2) is 5.46. The van der Waals surface area contributed by atoms with Gasteiger partial charge in [-0.3, -0.25) is 4.98 Å². The predicted molar refractivity (Wildman–Crippen MR) is 66.0 cm³/mol. The number of hydrogen-bond donors (Lipinski definition) is 1. The van der Waals surface area contributed by atoms with Gasteiger partial charge in [-0.1, -0.05) is 18.2 Å². The van der Waals surface area contributed by atoms with Crippen molar-refractivity contribution in [3.63, 3.8) is 0 Å². The zero-order valence-electron chi connectivity index (χ0n) is 9.76. The fourth-order valence-electron chi connectivity index (χ4n) is 1.70. The van der Waals surface area contributed by atoms with E-state index in [4.69, 9.17) is 9.84 Å². The van der Waals surface area contributed by atoms with Crippen LogP contribution in [-0.2, 0) is 13.0 Å². The molecular formula is C14H15NO2. The summed E-state index contributed by atoms with van der Waals surface area (Å²) in [4.78, 5) is 4.10. The largest absolute Gasteiger partial charge is 0.497 e. The third kappa shape index (κ3) is 3.04. The lowest BCUT2D eigenvalue weighted by atomic mass is 10.1. The summed E-state index contributed by atoms with van der Waals surface area (Å²) >= 11 is 0. The molecule has 0 amide bonds. The molecule has 3 nitrogen and oxygen atoms in total. The Bertz CT molecular complexity index is 480. The lowest BCUT2D eigenvalue weighted by molar-refractivity contribution is 0.281. The standard InChI is InChI=1S/C14H15NO2/c1-17-14-4-2-11(3-5-14)6-12-7-13(10-16)9-15-8-12/h2-5,7-9,16H,6,10H2,1H3. The highest BCUT2D eigenvalue weighted by Crippen LogP contribution is 2.15. The number of aliphatic hydroxyl groups is 1. The molecule has 0 unspecified atom stereocenters. The van der Waals surface area contributed by atoms with Crippen molar-refractivity contribution in [3.8, 4) is 5.75 Å². The number of aromatic nitrogens is 1. The van der Waals surface area contributed by atoms with Crippen molar-refractivity contribution in [1.29, 1.82) is 0 Å². The van der Waals surface area contributed by atoms with Gasteiger partial charge in [0.1, 0.15) is 5.75 Å². The minimum absolute atomic E-state index is 0.0312. The molecule has 1 N–H and O–H groups in total. The lowest BCUT2D eigenvalue weighted by Crippen LogP contribution is -1.93. The first-order valence-electron chi connectivity index (χ1n) is 5.48. The van der Waals surface area contributed by atoms with Crippen LogP contribution in [0.3, 0.4) is 0 Å². The number of pyridine rings is 1. The maximum absolute atomic E-state index is 9.04. The third-order valence-electron chi connectivity index (χ3n) is 2.60. The Morgan fingerprint density at radius 1 is 1.06 bits per heavy atom. The van der Waals surface area contributed by atoms with E-state index in [2.05, 4.69) is 4.98 Å². The van der Waals surface area contributed by atoms with Gasteiger partial charge in [0.2, 0.25) is 0 Å². The smallest absolute Gasteiger partial charge is 0.118 e. The normalized spacial score (nSPS) is 10.2. The van der Waals surface area contributed by atoms with E-state index in [9.17, 15) is 0 Å². The van der Waals surface area contributed by atoms with Crippen molar-refractivity contribution in [2.75, 3.05) is 7.11 Å². The molecule has 0 aliphatic heterocycles.